The summed E-state index contributed by atoms with van der Waals surface area (Å²) >= 11 is 0. The SMILES string of the molecule is CCCCC[C@H](CN(C=O)OCc1ccc(OC)cc1OC)C(=O)N1CCC[C@H]1C(=O)N1CCN(c2nccc(OS(=O)(=O)C(F)(F)F)n2)CC1. The third-order valence-corrected chi connectivity index (χ3v) is 9.65. The number of anilines is 1. The van der Waals surface area contributed by atoms with E-state index in [2.05, 4.69) is 14.2 Å². The summed E-state index contributed by atoms with van der Waals surface area (Å²) < 4.78 is 75.9. The van der Waals surface area contributed by atoms with Gasteiger partial charge in [-0.05, 0) is 31.4 Å². The molecule has 1 aromatic carbocycles. The van der Waals surface area contributed by atoms with Crippen molar-refractivity contribution >= 4 is 34.3 Å². The minimum atomic E-state index is -5.91. The Morgan fingerprint density at radius 3 is 2.47 bits per heavy atom. The lowest BCUT2D eigenvalue weighted by molar-refractivity contribution is -0.183. The van der Waals surface area contributed by atoms with Crippen LogP contribution < -0.4 is 18.6 Å². The average Bonchev–Trinajstić information content (AvgIpc) is 3.61. The summed E-state index contributed by atoms with van der Waals surface area (Å²) in [6.45, 7) is 3.23. The molecule has 19 heteroatoms. The van der Waals surface area contributed by atoms with Crippen LogP contribution in [0.5, 0.6) is 17.4 Å². The summed E-state index contributed by atoms with van der Waals surface area (Å²) in [5, 5.41) is 1.10. The Morgan fingerprint density at radius 1 is 1.08 bits per heavy atom. The molecular weight excluding hydrogens is 701 g/mol. The Bertz CT molecular complexity index is 1610. The number of ether oxygens (including phenoxy) is 2. The molecule has 0 spiro atoms. The molecular formula is C32H43F3N6O9S. The zero-order valence-corrected chi connectivity index (χ0v) is 29.5. The van der Waals surface area contributed by atoms with Crippen molar-refractivity contribution in [3.63, 3.8) is 0 Å². The number of rotatable bonds is 17. The number of piperazine rings is 1. The van der Waals surface area contributed by atoms with Gasteiger partial charge in [-0.25, -0.2) is 10.0 Å². The summed E-state index contributed by atoms with van der Waals surface area (Å²) in [6.07, 6.45) is 5.75. The van der Waals surface area contributed by atoms with E-state index in [0.29, 0.717) is 49.3 Å². The number of nitrogens with zero attached hydrogens (tertiary/aromatic N) is 6. The van der Waals surface area contributed by atoms with Gasteiger partial charge in [-0.1, -0.05) is 26.2 Å². The number of benzene rings is 1. The molecule has 0 unspecified atom stereocenters. The van der Waals surface area contributed by atoms with Gasteiger partial charge in [0, 0.05) is 56.6 Å². The lowest BCUT2D eigenvalue weighted by Crippen LogP contribution is -2.55. The summed E-state index contributed by atoms with van der Waals surface area (Å²) in [5.74, 6) is -0.827. The number of carbonyl (C=O) groups excluding carboxylic acids is 3. The summed E-state index contributed by atoms with van der Waals surface area (Å²) in [4.78, 5) is 58.3. The highest BCUT2D eigenvalue weighted by atomic mass is 32.2. The third-order valence-electron chi connectivity index (χ3n) is 8.69. The number of hydrogen-bond donors (Lipinski definition) is 0. The fourth-order valence-corrected chi connectivity index (χ4v) is 6.36. The van der Waals surface area contributed by atoms with Gasteiger partial charge >= 0.3 is 15.6 Å². The first-order valence-corrected chi connectivity index (χ1v) is 18.0. The normalized spacial score (nSPS) is 17.2. The minimum absolute atomic E-state index is 0.00630. The van der Waals surface area contributed by atoms with Gasteiger partial charge < -0.3 is 28.4 Å². The number of hydroxylamine groups is 2. The van der Waals surface area contributed by atoms with E-state index in [-0.39, 0.29) is 57.1 Å². The van der Waals surface area contributed by atoms with E-state index in [1.54, 1.807) is 32.9 Å². The number of aromatic nitrogens is 2. The summed E-state index contributed by atoms with van der Waals surface area (Å²) in [5.41, 5.74) is -4.95. The van der Waals surface area contributed by atoms with Gasteiger partial charge in [-0.15, -0.1) is 0 Å². The molecule has 0 bridgehead atoms. The van der Waals surface area contributed by atoms with E-state index in [1.165, 1.54) is 14.2 Å². The zero-order valence-electron chi connectivity index (χ0n) is 28.7. The second-order valence-corrected chi connectivity index (χ2v) is 13.6. The number of hydrogen-bond acceptors (Lipinski definition) is 12. The van der Waals surface area contributed by atoms with Crippen molar-refractivity contribution in [1.82, 2.24) is 24.8 Å². The van der Waals surface area contributed by atoms with Crippen LogP contribution >= 0.6 is 0 Å². The smallest absolute Gasteiger partial charge is 0.497 e. The molecule has 0 aliphatic carbocycles. The topological polar surface area (TPSA) is 161 Å². The molecule has 2 aromatic rings. The molecule has 1 aromatic heterocycles. The van der Waals surface area contributed by atoms with Gasteiger partial charge in [0.1, 0.15) is 24.1 Å². The second kappa shape index (κ2) is 17.7. The van der Waals surface area contributed by atoms with E-state index in [4.69, 9.17) is 14.3 Å². The van der Waals surface area contributed by atoms with Gasteiger partial charge in [-0.3, -0.25) is 19.2 Å². The largest absolute Gasteiger partial charge is 0.534 e. The van der Waals surface area contributed by atoms with Crippen molar-refractivity contribution < 1.29 is 54.5 Å². The van der Waals surface area contributed by atoms with E-state index in [1.807, 2.05) is 6.92 Å². The molecule has 2 atom stereocenters. The number of methoxy groups -OCH3 is 2. The van der Waals surface area contributed by atoms with Crippen molar-refractivity contribution in [3.05, 3.63) is 36.0 Å². The molecule has 282 valence electrons. The summed E-state index contributed by atoms with van der Waals surface area (Å²) in [7, 11) is -2.86. The second-order valence-electron chi connectivity index (χ2n) is 12.0. The predicted octanol–water partition coefficient (Wildman–Crippen LogP) is 3.15. The van der Waals surface area contributed by atoms with Crippen molar-refractivity contribution in [2.75, 3.05) is 58.4 Å². The van der Waals surface area contributed by atoms with Gasteiger partial charge in [0.25, 0.3) is 0 Å². The Morgan fingerprint density at radius 2 is 1.82 bits per heavy atom. The quantitative estimate of drug-likeness (QED) is 0.0767. The van der Waals surface area contributed by atoms with Crippen LogP contribution in [0, 0.1) is 5.92 Å². The monoisotopic (exact) mass is 744 g/mol. The minimum Gasteiger partial charge on any atom is -0.497 e. The van der Waals surface area contributed by atoms with Crippen molar-refractivity contribution in [2.45, 2.75) is 63.6 Å². The molecule has 0 saturated carbocycles. The number of amides is 3. The standard InChI is InChI=1S/C32H43F3N6O9S/c1-4-5-6-8-23(20-40(22-42)49-21-24-10-11-25(47-2)19-27(24)48-3)29(43)41-14-7-9-26(41)30(44)38-15-17-39(18-16-38)31-36-13-12-28(37-31)50-51(45,46)32(33,34)35/h10-13,19,22-23,26H,4-9,14-18,20-21H2,1-3H3/t23-,26+/m1/s1. The van der Waals surface area contributed by atoms with Gasteiger partial charge in [0.15, 0.2) is 0 Å². The molecule has 2 aliphatic rings. The predicted molar refractivity (Wildman–Crippen MR) is 176 cm³/mol. The van der Waals surface area contributed by atoms with Crippen LogP contribution in [-0.4, -0.2) is 117 Å². The first-order valence-electron chi connectivity index (χ1n) is 16.6. The van der Waals surface area contributed by atoms with Gasteiger partial charge in [0.2, 0.25) is 30.1 Å². The lowest BCUT2D eigenvalue weighted by atomic mass is 9.98. The first-order chi connectivity index (χ1) is 24.3. The lowest BCUT2D eigenvalue weighted by Gasteiger charge is -2.38. The zero-order chi connectivity index (χ0) is 37.2. The highest BCUT2D eigenvalue weighted by Crippen LogP contribution is 2.29. The van der Waals surface area contributed by atoms with Crippen LogP contribution in [0.4, 0.5) is 19.1 Å². The maximum atomic E-state index is 14.0. The number of likely N-dealkylation sites (tertiary alicyclic amines) is 1. The van der Waals surface area contributed by atoms with Gasteiger partial charge in [0.05, 0.1) is 26.7 Å². The van der Waals surface area contributed by atoms with E-state index >= 15 is 0 Å². The molecule has 2 fully saturated rings. The van der Waals surface area contributed by atoms with Gasteiger partial charge in [-0.2, -0.15) is 26.6 Å². The van der Waals surface area contributed by atoms with Crippen LogP contribution in [0.2, 0.25) is 0 Å². The number of carbonyl (C=O) groups is 3. The van der Waals surface area contributed by atoms with E-state index in [0.717, 1.165) is 36.6 Å². The Kier molecular flexibility index (Phi) is 13.7. The fraction of sp³-hybridized carbons (Fsp3) is 0.594. The van der Waals surface area contributed by atoms with Crippen molar-refractivity contribution in [2.24, 2.45) is 5.92 Å². The van der Waals surface area contributed by atoms with Crippen LogP contribution in [0.3, 0.4) is 0 Å². The highest BCUT2D eigenvalue weighted by molar-refractivity contribution is 7.87. The first kappa shape index (κ1) is 39.4. The molecule has 51 heavy (non-hydrogen) atoms. The van der Waals surface area contributed by atoms with Crippen LogP contribution in [0.15, 0.2) is 30.5 Å². The molecule has 4 rings (SSSR count). The third kappa shape index (κ3) is 10.1. The molecule has 0 radical (unpaired) electrons. The number of alkyl halides is 3. The Balaban J connectivity index is 1.38. The fourth-order valence-electron chi connectivity index (χ4n) is 5.95. The number of unbranched alkanes of at least 4 members (excludes halogenated alkanes) is 2. The maximum absolute atomic E-state index is 14.0. The Labute approximate surface area is 294 Å². The van der Waals surface area contributed by atoms with Crippen molar-refractivity contribution in [1.29, 1.82) is 0 Å². The van der Waals surface area contributed by atoms with Crippen molar-refractivity contribution in [3.8, 4) is 17.4 Å². The molecule has 3 heterocycles. The number of halogens is 3. The van der Waals surface area contributed by atoms with E-state index < -0.39 is 33.5 Å². The average molecular weight is 745 g/mol. The Hall–Kier alpha value is -4.39. The molecule has 0 N–H and O–H groups in total. The van der Waals surface area contributed by atoms with Crippen LogP contribution in [-0.2, 0) is 35.9 Å². The molecule has 3 amide bonds. The van der Waals surface area contributed by atoms with Crippen LogP contribution in [0.25, 0.3) is 0 Å². The summed E-state index contributed by atoms with van der Waals surface area (Å²) in [6, 6.07) is 5.39. The maximum Gasteiger partial charge on any atom is 0.534 e. The van der Waals surface area contributed by atoms with Crippen LogP contribution in [0.1, 0.15) is 51.0 Å². The van der Waals surface area contributed by atoms with E-state index in [9.17, 15) is 36.0 Å². The molecule has 2 aliphatic heterocycles. The molecule has 2 saturated heterocycles. The molecule has 15 nitrogen and oxygen atoms in total. The highest BCUT2D eigenvalue weighted by Gasteiger charge is 2.49.